The molecule has 0 radical (unpaired) electrons. The second-order valence-electron chi connectivity index (χ2n) is 2.79. The van der Waals surface area contributed by atoms with Crippen LogP contribution in [0.4, 0.5) is 13.2 Å². The van der Waals surface area contributed by atoms with Gasteiger partial charge in [0.15, 0.2) is 0 Å². The van der Waals surface area contributed by atoms with Gasteiger partial charge in [-0.15, -0.1) is 0 Å². The lowest BCUT2D eigenvalue weighted by molar-refractivity contribution is -0.212. The maximum atomic E-state index is 12.1. The second kappa shape index (κ2) is 5.80. The van der Waals surface area contributed by atoms with Gasteiger partial charge in [0, 0.05) is 21.3 Å². The Hall–Kier alpha value is -0.153. The number of hydrogen-bond donors (Lipinski definition) is 0. The van der Waals surface area contributed by atoms with Gasteiger partial charge in [0.05, 0.1) is 0 Å². The Labute approximate surface area is 87.6 Å². The minimum absolute atomic E-state index is 0.336. The highest BCUT2D eigenvalue weighted by Gasteiger charge is 2.43. The van der Waals surface area contributed by atoms with Gasteiger partial charge in [0.1, 0.15) is 12.3 Å². The van der Waals surface area contributed by atoms with Crippen molar-refractivity contribution >= 4 is 8.80 Å². The molecule has 0 spiro atoms. The molecule has 0 aliphatic rings. The lowest BCUT2D eigenvalue weighted by Crippen LogP contribution is -2.49. The molecule has 0 rings (SSSR count). The van der Waals surface area contributed by atoms with Crippen molar-refractivity contribution in [2.75, 3.05) is 27.6 Å². The van der Waals surface area contributed by atoms with E-state index in [0.29, 0.717) is 0 Å². The van der Waals surface area contributed by atoms with Gasteiger partial charge in [0.25, 0.3) is 0 Å². The van der Waals surface area contributed by atoms with Crippen molar-refractivity contribution in [3.05, 3.63) is 0 Å². The molecule has 15 heavy (non-hydrogen) atoms. The molecule has 0 saturated carbocycles. The molecule has 0 N–H and O–H groups in total. The van der Waals surface area contributed by atoms with Gasteiger partial charge < -0.3 is 18.0 Å². The molecule has 1 atom stereocenters. The Balaban J connectivity index is 4.23. The number of alkyl halides is 3. The maximum Gasteiger partial charge on any atom is 0.527 e. The number of hydrogen-bond acceptors (Lipinski definition) is 4. The van der Waals surface area contributed by atoms with Crippen molar-refractivity contribution in [1.29, 1.82) is 0 Å². The first-order chi connectivity index (χ1) is 6.81. The summed E-state index contributed by atoms with van der Waals surface area (Å²) in [6.45, 7) is 0.917. The van der Waals surface area contributed by atoms with E-state index in [4.69, 9.17) is 13.3 Å². The van der Waals surface area contributed by atoms with E-state index in [9.17, 15) is 13.2 Å². The Kier molecular flexibility index (Phi) is 5.74. The van der Waals surface area contributed by atoms with Gasteiger partial charge in [-0.3, -0.25) is 0 Å². The maximum absolute atomic E-state index is 12.1. The first kappa shape index (κ1) is 14.8. The SMILES string of the molecule is CO[Si](COC(C)C(F)(F)F)(OC)OC. The minimum Gasteiger partial charge on any atom is -0.375 e. The fourth-order valence-corrected chi connectivity index (χ4v) is 2.06. The van der Waals surface area contributed by atoms with E-state index in [1.165, 1.54) is 21.3 Å². The van der Waals surface area contributed by atoms with Crippen LogP contribution in [0.1, 0.15) is 6.92 Å². The molecule has 8 heteroatoms. The third kappa shape index (κ3) is 4.47. The molecule has 0 aliphatic carbocycles. The van der Waals surface area contributed by atoms with Gasteiger partial charge in [-0.05, 0) is 6.92 Å². The zero-order valence-corrected chi connectivity index (χ0v) is 10.1. The molecule has 0 amide bonds. The molecule has 0 aliphatic heterocycles. The summed E-state index contributed by atoms with van der Waals surface area (Å²) in [7, 11) is 0.838. The molecular formula is C7H15F3O4Si. The summed E-state index contributed by atoms with van der Waals surface area (Å²) in [6.07, 6.45) is -6.60. The summed E-state index contributed by atoms with van der Waals surface area (Å²) in [5.41, 5.74) is 0. The van der Waals surface area contributed by atoms with Crippen LogP contribution in [0.25, 0.3) is 0 Å². The van der Waals surface area contributed by atoms with Crippen LogP contribution in [-0.2, 0) is 18.0 Å². The van der Waals surface area contributed by atoms with Crippen molar-refractivity contribution in [1.82, 2.24) is 0 Å². The van der Waals surface area contributed by atoms with E-state index < -0.39 is 21.1 Å². The smallest absolute Gasteiger partial charge is 0.375 e. The molecule has 0 bridgehead atoms. The number of ether oxygens (including phenoxy) is 1. The van der Waals surface area contributed by atoms with Crippen LogP contribution in [0.15, 0.2) is 0 Å². The summed E-state index contributed by atoms with van der Waals surface area (Å²) < 4.78 is 55.6. The topological polar surface area (TPSA) is 36.9 Å². The Morgan fingerprint density at radius 2 is 1.47 bits per heavy atom. The molecule has 0 aromatic rings. The number of rotatable bonds is 6. The van der Waals surface area contributed by atoms with E-state index in [-0.39, 0.29) is 6.23 Å². The Morgan fingerprint density at radius 3 is 1.73 bits per heavy atom. The van der Waals surface area contributed by atoms with Gasteiger partial charge in [-0.2, -0.15) is 13.2 Å². The van der Waals surface area contributed by atoms with E-state index in [2.05, 4.69) is 4.74 Å². The van der Waals surface area contributed by atoms with Gasteiger partial charge in [0.2, 0.25) is 0 Å². The van der Waals surface area contributed by atoms with Crippen molar-refractivity contribution in [3.63, 3.8) is 0 Å². The second-order valence-corrected chi connectivity index (χ2v) is 5.67. The molecule has 0 heterocycles. The van der Waals surface area contributed by atoms with E-state index >= 15 is 0 Å². The normalized spacial score (nSPS) is 15.4. The predicted octanol–water partition coefficient (Wildman–Crippen LogP) is 1.37. The summed E-state index contributed by atoms with van der Waals surface area (Å²) in [6, 6.07) is 0. The summed E-state index contributed by atoms with van der Waals surface area (Å²) in [5.74, 6) is 0. The predicted molar refractivity (Wildman–Crippen MR) is 48.3 cm³/mol. The van der Waals surface area contributed by atoms with Gasteiger partial charge in [-0.1, -0.05) is 0 Å². The van der Waals surface area contributed by atoms with E-state index in [1.54, 1.807) is 0 Å². The molecule has 92 valence electrons. The zero-order chi connectivity index (χ0) is 12.1. The highest BCUT2D eigenvalue weighted by molar-refractivity contribution is 6.60. The molecule has 0 saturated heterocycles. The highest BCUT2D eigenvalue weighted by atomic mass is 28.4. The van der Waals surface area contributed by atoms with Crippen LogP contribution < -0.4 is 0 Å². The summed E-state index contributed by atoms with van der Waals surface area (Å²) >= 11 is 0. The van der Waals surface area contributed by atoms with Crippen molar-refractivity contribution < 1.29 is 31.2 Å². The average Bonchev–Trinajstić information content (AvgIpc) is 2.19. The van der Waals surface area contributed by atoms with E-state index in [1.807, 2.05) is 0 Å². The van der Waals surface area contributed by atoms with Crippen molar-refractivity contribution in [3.8, 4) is 0 Å². The summed E-state index contributed by atoms with van der Waals surface area (Å²) in [5, 5.41) is 0. The molecule has 0 aromatic heterocycles. The van der Waals surface area contributed by atoms with Gasteiger partial charge in [-0.25, -0.2) is 0 Å². The fourth-order valence-electron chi connectivity index (χ4n) is 0.748. The van der Waals surface area contributed by atoms with E-state index in [0.717, 1.165) is 6.92 Å². The first-order valence-electron chi connectivity index (χ1n) is 4.15. The fraction of sp³-hybridized carbons (Fsp3) is 1.00. The Bertz CT molecular complexity index is 175. The first-order valence-corrected chi connectivity index (χ1v) is 6.08. The average molecular weight is 248 g/mol. The summed E-state index contributed by atoms with van der Waals surface area (Å²) in [4.78, 5) is 0. The van der Waals surface area contributed by atoms with Crippen LogP contribution in [0.3, 0.4) is 0 Å². The Morgan fingerprint density at radius 1 is 1.07 bits per heavy atom. The van der Waals surface area contributed by atoms with Crippen LogP contribution >= 0.6 is 0 Å². The highest BCUT2D eigenvalue weighted by Crippen LogP contribution is 2.23. The lowest BCUT2D eigenvalue weighted by atomic mass is 10.4. The zero-order valence-electron chi connectivity index (χ0n) is 9.05. The molecule has 1 unspecified atom stereocenters. The lowest BCUT2D eigenvalue weighted by Gasteiger charge is -2.26. The van der Waals surface area contributed by atoms with Crippen LogP contribution in [0.2, 0.25) is 0 Å². The van der Waals surface area contributed by atoms with Crippen molar-refractivity contribution in [2.24, 2.45) is 0 Å². The molecule has 0 fully saturated rings. The molecular weight excluding hydrogens is 233 g/mol. The van der Waals surface area contributed by atoms with Crippen molar-refractivity contribution in [2.45, 2.75) is 19.2 Å². The molecule has 0 aromatic carbocycles. The monoisotopic (exact) mass is 248 g/mol. The van der Waals surface area contributed by atoms with Gasteiger partial charge >= 0.3 is 15.0 Å². The third-order valence-corrected chi connectivity index (χ3v) is 4.29. The number of halogens is 3. The standard InChI is InChI=1S/C7H15F3O4Si/c1-6(7(8,9)10)14-5-15(11-2,12-3)13-4/h6H,5H2,1-4H3. The van der Waals surface area contributed by atoms with Crippen LogP contribution in [0, 0.1) is 0 Å². The minimum atomic E-state index is -4.39. The quantitative estimate of drug-likeness (QED) is 0.665. The van der Waals surface area contributed by atoms with Crippen LogP contribution in [-0.4, -0.2) is 48.6 Å². The third-order valence-electron chi connectivity index (χ3n) is 1.90. The molecule has 4 nitrogen and oxygen atoms in total. The van der Waals surface area contributed by atoms with Crippen LogP contribution in [0.5, 0.6) is 0 Å². The largest absolute Gasteiger partial charge is 0.527 e.